The average Bonchev–Trinajstić information content (AvgIpc) is 2.95. The van der Waals surface area contributed by atoms with Crippen molar-refractivity contribution in [2.24, 2.45) is 16.5 Å². The molecule has 4 atom stereocenters. The Morgan fingerprint density at radius 3 is 2.89 bits per heavy atom. The van der Waals surface area contributed by atoms with Crippen LogP contribution in [0.25, 0.3) is 0 Å². The Kier molecular flexibility index (Phi) is 4.04. The number of nitrogens with one attached hydrogen (secondary N) is 2. The number of rotatable bonds is 3. The molecule has 0 aromatic heterocycles. The van der Waals surface area contributed by atoms with E-state index in [0.717, 1.165) is 12.8 Å². The van der Waals surface area contributed by atoms with E-state index in [0.29, 0.717) is 6.54 Å². The van der Waals surface area contributed by atoms with Crippen LogP contribution in [0.4, 0.5) is 0 Å². The van der Waals surface area contributed by atoms with E-state index >= 15 is 0 Å². The van der Waals surface area contributed by atoms with Gasteiger partial charge in [-0.05, 0) is 19.8 Å². The Morgan fingerprint density at radius 2 is 2.32 bits per heavy atom. The van der Waals surface area contributed by atoms with Gasteiger partial charge in [-0.15, -0.1) is 0 Å². The summed E-state index contributed by atoms with van der Waals surface area (Å²) in [5.41, 5.74) is 9.86. The average molecular weight is 271 g/mol. The van der Waals surface area contributed by atoms with Crippen molar-refractivity contribution in [3.8, 4) is 0 Å². The first-order chi connectivity index (χ1) is 8.93. The molecule has 2 saturated heterocycles. The summed E-state index contributed by atoms with van der Waals surface area (Å²) in [6.07, 6.45) is 1.04. The first kappa shape index (κ1) is 14.2. The predicted octanol–water partition coefficient (Wildman–Crippen LogP) is -2.40. The first-order valence-electron chi connectivity index (χ1n) is 6.35. The van der Waals surface area contributed by atoms with Crippen molar-refractivity contribution in [3.63, 3.8) is 0 Å². The summed E-state index contributed by atoms with van der Waals surface area (Å²) in [6, 6.07) is 0.0107. The summed E-state index contributed by atoms with van der Waals surface area (Å²) < 4.78 is 5.84. The second-order valence-electron chi connectivity index (χ2n) is 5.29. The van der Waals surface area contributed by atoms with Crippen LogP contribution in [0.2, 0.25) is 0 Å². The van der Waals surface area contributed by atoms with Crippen LogP contribution in [-0.4, -0.2) is 54.0 Å². The second-order valence-corrected chi connectivity index (χ2v) is 5.29. The van der Waals surface area contributed by atoms with Crippen molar-refractivity contribution in [2.75, 3.05) is 13.2 Å². The number of carbonyl (C=O) groups is 1. The van der Waals surface area contributed by atoms with Crippen molar-refractivity contribution in [3.05, 3.63) is 0 Å². The molecule has 3 unspecified atom stereocenters. The van der Waals surface area contributed by atoms with Crippen molar-refractivity contribution >= 4 is 11.9 Å². The molecular weight excluding hydrogens is 250 g/mol. The lowest BCUT2D eigenvalue weighted by molar-refractivity contribution is -0.120. The number of amides is 1. The van der Waals surface area contributed by atoms with Gasteiger partial charge in [-0.2, -0.15) is 4.99 Å². The molecular formula is C11H21N5O3. The van der Waals surface area contributed by atoms with E-state index < -0.39 is 17.7 Å². The Hall–Kier alpha value is -1.22. The number of hydrogen-bond acceptors (Lipinski definition) is 5. The Balaban J connectivity index is 1.89. The van der Waals surface area contributed by atoms with E-state index in [-0.39, 0.29) is 24.7 Å². The lowest BCUT2D eigenvalue weighted by Gasteiger charge is -2.25. The third-order valence-corrected chi connectivity index (χ3v) is 3.59. The van der Waals surface area contributed by atoms with Crippen molar-refractivity contribution in [1.29, 1.82) is 0 Å². The van der Waals surface area contributed by atoms with E-state index in [1.54, 1.807) is 0 Å². The van der Waals surface area contributed by atoms with Gasteiger partial charge in [-0.3, -0.25) is 15.4 Å². The minimum atomic E-state index is -0.586. The Labute approximate surface area is 111 Å². The molecule has 8 nitrogen and oxygen atoms in total. The van der Waals surface area contributed by atoms with Gasteiger partial charge in [0.05, 0.1) is 18.3 Å². The maximum atomic E-state index is 11.6. The molecule has 108 valence electrons. The Bertz CT molecular complexity index is 385. The van der Waals surface area contributed by atoms with Gasteiger partial charge >= 0.3 is 0 Å². The minimum Gasteiger partial charge on any atom is -0.393 e. The van der Waals surface area contributed by atoms with Crippen LogP contribution >= 0.6 is 0 Å². The van der Waals surface area contributed by atoms with Crippen LogP contribution < -0.4 is 22.1 Å². The lowest BCUT2D eigenvalue weighted by Crippen LogP contribution is -2.45. The van der Waals surface area contributed by atoms with Gasteiger partial charge < -0.3 is 21.3 Å². The van der Waals surface area contributed by atoms with E-state index in [2.05, 4.69) is 15.6 Å². The van der Waals surface area contributed by atoms with E-state index in [9.17, 15) is 9.90 Å². The summed E-state index contributed by atoms with van der Waals surface area (Å²) in [7, 11) is 0. The molecule has 2 aliphatic heterocycles. The summed E-state index contributed by atoms with van der Waals surface area (Å²) >= 11 is 0. The highest BCUT2D eigenvalue weighted by atomic mass is 16.5. The van der Waals surface area contributed by atoms with E-state index in [1.807, 2.05) is 6.92 Å². The summed E-state index contributed by atoms with van der Waals surface area (Å²) in [4.78, 5) is 15.1. The Morgan fingerprint density at radius 1 is 1.58 bits per heavy atom. The zero-order valence-electron chi connectivity index (χ0n) is 10.9. The van der Waals surface area contributed by atoms with Crippen LogP contribution in [-0.2, 0) is 9.53 Å². The smallest absolute Gasteiger partial charge is 0.280 e. The number of hydrogen-bond donors (Lipinski definition) is 5. The molecule has 7 N–H and O–H groups in total. The zero-order chi connectivity index (χ0) is 14.0. The zero-order valence-corrected chi connectivity index (χ0v) is 10.9. The normalized spacial score (nSPS) is 38.3. The third kappa shape index (κ3) is 3.21. The number of aliphatic hydroxyl groups is 1. The fraction of sp³-hybridized carbons (Fsp3) is 0.818. The fourth-order valence-corrected chi connectivity index (χ4v) is 2.50. The summed E-state index contributed by atoms with van der Waals surface area (Å²) in [6.45, 7) is 2.49. The number of ether oxygens (including phenoxy) is 1. The van der Waals surface area contributed by atoms with Gasteiger partial charge in [-0.1, -0.05) is 0 Å². The molecule has 0 spiro atoms. The molecule has 0 aliphatic carbocycles. The van der Waals surface area contributed by atoms with Crippen LogP contribution in [0.5, 0.6) is 0 Å². The summed E-state index contributed by atoms with van der Waals surface area (Å²) in [5, 5.41) is 15.4. The van der Waals surface area contributed by atoms with Gasteiger partial charge in [0.1, 0.15) is 6.17 Å². The predicted molar refractivity (Wildman–Crippen MR) is 69.1 cm³/mol. The molecule has 1 amide bonds. The van der Waals surface area contributed by atoms with E-state index in [4.69, 9.17) is 16.2 Å². The molecule has 19 heavy (non-hydrogen) atoms. The standard InChI is InChI=1S/C11H21N5O3/c1-11(5-17)3-2-7(19-11)6-4-14-8(15-6)9(18)16-10(12)13/h6-8,14-15,17H,2-5H2,1H3,(H4,12,13,16,18)/t6?,7-,8?,11?/m1/s1. The van der Waals surface area contributed by atoms with Crippen LogP contribution in [0.15, 0.2) is 4.99 Å². The van der Waals surface area contributed by atoms with Crippen LogP contribution in [0, 0.1) is 0 Å². The number of nitrogens with zero attached hydrogens (tertiary/aromatic N) is 1. The van der Waals surface area contributed by atoms with Crippen molar-refractivity contribution < 1.29 is 14.6 Å². The molecule has 0 aromatic carbocycles. The van der Waals surface area contributed by atoms with Crippen molar-refractivity contribution in [2.45, 2.75) is 43.7 Å². The number of aliphatic hydroxyl groups excluding tert-OH is 1. The van der Waals surface area contributed by atoms with Gasteiger partial charge in [0.2, 0.25) is 0 Å². The highest BCUT2D eigenvalue weighted by Crippen LogP contribution is 2.31. The highest BCUT2D eigenvalue weighted by Gasteiger charge is 2.42. The maximum absolute atomic E-state index is 11.6. The number of nitrogens with two attached hydrogens (primary N) is 2. The topological polar surface area (TPSA) is 135 Å². The summed E-state index contributed by atoms with van der Waals surface area (Å²) in [5.74, 6) is -0.688. The maximum Gasteiger partial charge on any atom is 0.280 e. The SMILES string of the molecule is CC1(CO)CC[C@H](C2CNC(C(=O)N=C(N)N)N2)O1. The molecule has 8 heteroatoms. The van der Waals surface area contributed by atoms with Gasteiger partial charge in [-0.25, -0.2) is 0 Å². The first-order valence-corrected chi connectivity index (χ1v) is 6.35. The monoisotopic (exact) mass is 271 g/mol. The molecule has 0 bridgehead atoms. The van der Waals surface area contributed by atoms with Crippen molar-refractivity contribution in [1.82, 2.24) is 10.6 Å². The number of carbonyl (C=O) groups excluding carboxylic acids is 1. The highest BCUT2D eigenvalue weighted by molar-refractivity contribution is 5.94. The second kappa shape index (κ2) is 5.41. The van der Waals surface area contributed by atoms with Gasteiger partial charge in [0, 0.05) is 12.6 Å². The van der Waals surface area contributed by atoms with Crippen LogP contribution in [0.3, 0.4) is 0 Å². The molecule has 2 fully saturated rings. The fourth-order valence-electron chi connectivity index (χ4n) is 2.50. The molecule has 0 saturated carbocycles. The quantitative estimate of drug-likeness (QED) is 0.285. The largest absolute Gasteiger partial charge is 0.393 e. The van der Waals surface area contributed by atoms with E-state index in [1.165, 1.54) is 0 Å². The lowest BCUT2D eigenvalue weighted by atomic mass is 10.0. The molecule has 0 radical (unpaired) electrons. The number of aliphatic imine (C=N–C) groups is 1. The molecule has 0 aromatic rings. The van der Waals surface area contributed by atoms with Crippen LogP contribution in [0.1, 0.15) is 19.8 Å². The minimum absolute atomic E-state index is 0.00000807. The van der Waals surface area contributed by atoms with Gasteiger partial charge in [0.15, 0.2) is 5.96 Å². The molecule has 2 rings (SSSR count). The third-order valence-electron chi connectivity index (χ3n) is 3.59. The molecule has 2 heterocycles. The van der Waals surface area contributed by atoms with Gasteiger partial charge in [0.25, 0.3) is 5.91 Å². The molecule has 2 aliphatic rings. The number of guanidine groups is 1.